The second-order valence-electron chi connectivity index (χ2n) is 5.14. The number of nitrogens with zero attached hydrogens (tertiary/aromatic N) is 1. The molecule has 1 amide bonds. The molecule has 5 heteroatoms. The van der Waals surface area contributed by atoms with Crippen LogP contribution in [-0.2, 0) is 11.2 Å². The number of amides is 1. The van der Waals surface area contributed by atoms with Gasteiger partial charge >= 0.3 is 0 Å². The lowest BCUT2D eigenvalue weighted by atomic mass is 10.1. The van der Waals surface area contributed by atoms with E-state index >= 15 is 0 Å². The fraction of sp³-hybridized carbons (Fsp3) is 0.533. The van der Waals surface area contributed by atoms with E-state index in [0.29, 0.717) is 18.0 Å². The van der Waals surface area contributed by atoms with Crippen molar-refractivity contribution in [2.45, 2.75) is 38.1 Å². The maximum Gasteiger partial charge on any atom is 0.227 e. The number of benzene rings is 1. The van der Waals surface area contributed by atoms with Crippen LogP contribution in [0.3, 0.4) is 0 Å². The molecule has 0 N–H and O–H groups in total. The molecule has 20 heavy (non-hydrogen) atoms. The van der Waals surface area contributed by atoms with Crippen LogP contribution in [0, 0.1) is 11.6 Å². The van der Waals surface area contributed by atoms with Crippen LogP contribution in [0.25, 0.3) is 0 Å². The Bertz CT molecular complexity index is 475. The molecule has 0 aromatic heterocycles. The average molecular weight is 302 g/mol. The first-order valence-electron chi connectivity index (χ1n) is 6.91. The zero-order chi connectivity index (χ0) is 14.5. The standard InChI is InChI=1S/C15H18ClF2NO/c16-7-8-19(12-3-1-2-4-12)15(20)10-11-5-6-13(17)14(18)9-11/h5-6,9,12H,1-4,7-8,10H2. The van der Waals surface area contributed by atoms with Gasteiger partial charge < -0.3 is 4.90 Å². The van der Waals surface area contributed by atoms with Crippen LogP contribution in [0.2, 0.25) is 0 Å². The van der Waals surface area contributed by atoms with Crippen LogP contribution in [0.15, 0.2) is 18.2 Å². The number of carbonyl (C=O) groups is 1. The van der Waals surface area contributed by atoms with Crippen LogP contribution >= 0.6 is 11.6 Å². The van der Waals surface area contributed by atoms with E-state index in [2.05, 4.69) is 0 Å². The van der Waals surface area contributed by atoms with E-state index in [0.717, 1.165) is 37.8 Å². The van der Waals surface area contributed by atoms with Crippen molar-refractivity contribution in [2.75, 3.05) is 12.4 Å². The summed E-state index contributed by atoms with van der Waals surface area (Å²) in [6, 6.07) is 3.83. The molecule has 1 aliphatic carbocycles. The first kappa shape index (κ1) is 15.2. The lowest BCUT2D eigenvalue weighted by Crippen LogP contribution is -2.41. The van der Waals surface area contributed by atoms with Gasteiger partial charge in [0.15, 0.2) is 11.6 Å². The summed E-state index contributed by atoms with van der Waals surface area (Å²) in [5.74, 6) is -1.49. The van der Waals surface area contributed by atoms with Gasteiger partial charge in [-0.2, -0.15) is 0 Å². The van der Waals surface area contributed by atoms with Gasteiger partial charge in [0.1, 0.15) is 0 Å². The Morgan fingerprint density at radius 3 is 2.55 bits per heavy atom. The maximum atomic E-state index is 13.2. The maximum absolute atomic E-state index is 13.2. The molecular formula is C15H18ClF2NO. The van der Waals surface area contributed by atoms with Gasteiger partial charge in [-0.3, -0.25) is 4.79 Å². The zero-order valence-electron chi connectivity index (χ0n) is 11.2. The predicted octanol–water partition coefficient (Wildman–Crippen LogP) is 3.52. The fourth-order valence-electron chi connectivity index (χ4n) is 2.74. The summed E-state index contributed by atoms with van der Waals surface area (Å²) in [6.45, 7) is 0.509. The molecule has 0 unspecified atom stereocenters. The van der Waals surface area contributed by atoms with E-state index in [1.807, 2.05) is 0 Å². The highest BCUT2D eigenvalue weighted by atomic mass is 35.5. The molecule has 0 heterocycles. The Hall–Kier alpha value is -1.16. The Morgan fingerprint density at radius 1 is 1.25 bits per heavy atom. The zero-order valence-corrected chi connectivity index (χ0v) is 12.0. The molecule has 1 aromatic carbocycles. The number of hydrogen-bond acceptors (Lipinski definition) is 1. The van der Waals surface area contributed by atoms with Gasteiger partial charge in [-0.25, -0.2) is 8.78 Å². The lowest BCUT2D eigenvalue weighted by Gasteiger charge is -2.28. The van der Waals surface area contributed by atoms with E-state index in [-0.39, 0.29) is 18.4 Å². The second kappa shape index (κ2) is 7.02. The lowest BCUT2D eigenvalue weighted by molar-refractivity contribution is -0.132. The van der Waals surface area contributed by atoms with Gasteiger partial charge in [-0.1, -0.05) is 18.9 Å². The normalized spacial score (nSPS) is 15.6. The van der Waals surface area contributed by atoms with Crippen LogP contribution in [0.4, 0.5) is 8.78 Å². The van der Waals surface area contributed by atoms with Crippen LogP contribution in [-0.4, -0.2) is 29.3 Å². The summed E-state index contributed by atoms with van der Waals surface area (Å²) in [5.41, 5.74) is 0.492. The number of halogens is 3. The molecule has 0 aliphatic heterocycles. The third kappa shape index (κ3) is 3.69. The molecule has 0 atom stereocenters. The van der Waals surface area contributed by atoms with Crippen molar-refractivity contribution in [1.29, 1.82) is 0 Å². The first-order valence-corrected chi connectivity index (χ1v) is 7.44. The fourth-order valence-corrected chi connectivity index (χ4v) is 2.93. The molecule has 0 bridgehead atoms. The quantitative estimate of drug-likeness (QED) is 0.762. The van der Waals surface area contributed by atoms with E-state index in [1.165, 1.54) is 6.07 Å². The van der Waals surface area contributed by atoms with Crippen LogP contribution in [0.5, 0.6) is 0 Å². The van der Waals surface area contributed by atoms with Gasteiger partial charge in [-0.15, -0.1) is 11.6 Å². The average Bonchev–Trinajstić information content (AvgIpc) is 2.94. The van der Waals surface area contributed by atoms with Gasteiger partial charge in [0.05, 0.1) is 6.42 Å². The van der Waals surface area contributed by atoms with Crippen molar-refractivity contribution >= 4 is 17.5 Å². The Labute approximate surface area is 122 Å². The van der Waals surface area contributed by atoms with Crippen LogP contribution < -0.4 is 0 Å². The van der Waals surface area contributed by atoms with Crippen molar-refractivity contribution in [2.24, 2.45) is 0 Å². The highest BCUT2D eigenvalue weighted by Gasteiger charge is 2.26. The Balaban J connectivity index is 2.05. The van der Waals surface area contributed by atoms with Crippen molar-refractivity contribution in [3.63, 3.8) is 0 Å². The molecule has 0 radical (unpaired) electrons. The summed E-state index contributed by atoms with van der Waals surface area (Å²) < 4.78 is 26.0. The van der Waals surface area contributed by atoms with Gasteiger partial charge in [-0.05, 0) is 30.5 Å². The summed E-state index contributed by atoms with van der Waals surface area (Å²) in [7, 11) is 0. The summed E-state index contributed by atoms with van der Waals surface area (Å²) >= 11 is 5.76. The highest BCUT2D eigenvalue weighted by Crippen LogP contribution is 2.24. The number of rotatable bonds is 5. The topological polar surface area (TPSA) is 20.3 Å². The molecule has 0 spiro atoms. The first-order chi connectivity index (χ1) is 9.61. The largest absolute Gasteiger partial charge is 0.338 e. The summed E-state index contributed by atoms with van der Waals surface area (Å²) in [6.07, 6.45) is 4.34. The minimum atomic E-state index is -0.917. The third-order valence-electron chi connectivity index (χ3n) is 3.75. The smallest absolute Gasteiger partial charge is 0.227 e. The third-order valence-corrected chi connectivity index (χ3v) is 3.92. The minimum absolute atomic E-state index is 0.0661. The van der Waals surface area contributed by atoms with Crippen molar-refractivity contribution in [3.05, 3.63) is 35.4 Å². The number of carbonyl (C=O) groups excluding carboxylic acids is 1. The summed E-state index contributed by atoms with van der Waals surface area (Å²) in [4.78, 5) is 14.1. The molecule has 1 aromatic rings. The number of alkyl halides is 1. The van der Waals surface area contributed by atoms with E-state index in [9.17, 15) is 13.6 Å². The SMILES string of the molecule is O=C(Cc1ccc(F)c(F)c1)N(CCCl)C1CCCC1. The Morgan fingerprint density at radius 2 is 1.95 bits per heavy atom. The molecule has 1 aliphatic rings. The predicted molar refractivity (Wildman–Crippen MR) is 74.8 cm³/mol. The van der Waals surface area contributed by atoms with Gasteiger partial charge in [0.25, 0.3) is 0 Å². The second-order valence-corrected chi connectivity index (χ2v) is 5.52. The van der Waals surface area contributed by atoms with Gasteiger partial charge in [0.2, 0.25) is 5.91 Å². The van der Waals surface area contributed by atoms with E-state index < -0.39 is 11.6 Å². The van der Waals surface area contributed by atoms with Crippen molar-refractivity contribution in [1.82, 2.24) is 4.90 Å². The molecule has 2 nitrogen and oxygen atoms in total. The summed E-state index contributed by atoms with van der Waals surface area (Å²) in [5, 5.41) is 0. The number of hydrogen-bond donors (Lipinski definition) is 0. The van der Waals surface area contributed by atoms with E-state index in [1.54, 1.807) is 4.90 Å². The van der Waals surface area contributed by atoms with Gasteiger partial charge in [0, 0.05) is 18.5 Å². The van der Waals surface area contributed by atoms with Crippen molar-refractivity contribution in [3.8, 4) is 0 Å². The Kier molecular flexibility index (Phi) is 5.35. The molecular weight excluding hydrogens is 284 g/mol. The minimum Gasteiger partial charge on any atom is -0.338 e. The van der Waals surface area contributed by atoms with Crippen molar-refractivity contribution < 1.29 is 13.6 Å². The van der Waals surface area contributed by atoms with Crippen LogP contribution in [0.1, 0.15) is 31.2 Å². The molecule has 1 fully saturated rings. The molecule has 1 saturated carbocycles. The molecule has 0 saturated heterocycles. The monoisotopic (exact) mass is 301 g/mol. The molecule has 110 valence electrons. The highest BCUT2D eigenvalue weighted by molar-refractivity contribution is 6.18. The molecule has 2 rings (SSSR count). The van der Waals surface area contributed by atoms with E-state index in [4.69, 9.17) is 11.6 Å².